The monoisotopic (exact) mass is 704 g/mol. The lowest BCUT2D eigenvalue weighted by Crippen LogP contribution is -2.47. The van der Waals surface area contributed by atoms with Crippen LogP contribution in [0.25, 0.3) is 10.9 Å². The number of hydrogen-bond acceptors (Lipinski definition) is 11. The molecule has 1 amide bonds. The van der Waals surface area contributed by atoms with Crippen LogP contribution in [-0.2, 0) is 40.2 Å². The zero-order valence-electron chi connectivity index (χ0n) is 27.5. The minimum Gasteiger partial charge on any atom is -0.460 e. The second kappa shape index (κ2) is 15.7. The first-order chi connectivity index (χ1) is 22.3. The highest BCUT2D eigenvalue weighted by molar-refractivity contribution is 7.99. The summed E-state index contributed by atoms with van der Waals surface area (Å²) in [6, 6.07) is 9.13. The van der Waals surface area contributed by atoms with Crippen molar-refractivity contribution < 1.29 is 41.9 Å². The maximum absolute atomic E-state index is 13.5. The number of sulfonamides is 1. The molecule has 0 spiro atoms. The summed E-state index contributed by atoms with van der Waals surface area (Å²) in [5.74, 6) is -1.69. The van der Waals surface area contributed by atoms with Gasteiger partial charge in [0.1, 0.15) is 29.9 Å². The number of carbonyl (C=O) groups is 3. The van der Waals surface area contributed by atoms with Crippen LogP contribution in [0.3, 0.4) is 0 Å². The van der Waals surface area contributed by atoms with Crippen molar-refractivity contribution in [3.63, 3.8) is 0 Å². The molecule has 0 unspecified atom stereocenters. The van der Waals surface area contributed by atoms with E-state index in [2.05, 4.69) is 21.6 Å². The number of aromatic nitrogens is 1. The summed E-state index contributed by atoms with van der Waals surface area (Å²) in [5, 5.41) is 15.3. The van der Waals surface area contributed by atoms with E-state index in [0.717, 1.165) is 23.9 Å². The van der Waals surface area contributed by atoms with Gasteiger partial charge in [0.25, 0.3) is 5.69 Å². The third-order valence-corrected chi connectivity index (χ3v) is 8.89. The van der Waals surface area contributed by atoms with Gasteiger partial charge in [-0.25, -0.2) is 18.0 Å². The van der Waals surface area contributed by atoms with Crippen LogP contribution in [0.15, 0.2) is 71.1 Å². The number of carbonyl (C=O) groups excluding carboxylic acids is 3. The van der Waals surface area contributed by atoms with Crippen LogP contribution in [0, 0.1) is 10.1 Å². The van der Waals surface area contributed by atoms with E-state index >= 15 is 0 Å². The SMILES string of the molecule is C=CCOC(=O)[C@H](Cc1c(SC[C@H](NC(=O)OC(C)(C)C)C(=O)OC(C)(C)C)[nH]c2ccccc12)NS(=O)(=O)c1ccccc1[N+](=O)[O-]. The van der Waals surface area contributed by atoms with Crippen LogP contribution >= 0.6 is 11.8 Å². The summed E-state index contributed by atoms with van der Waals surface area (Å²) in [7, 11) is -4.62. The number of benzene rings is 2. The van der Waals surface area contributed by atoms with Crippen LogP contribution in [0.1, 0.15) is 47.1 Å². The molecule has 2 atom stereocenters. The average Bonchev–Trinajstić information content (AvgIpc) is 3.32. The quantitative estimate of drug-likeness (QED) is 0.0509. The molecule has 1 heterocycles. The molecule has 1 aromatic heterocycles. The van der Waals surface area contributed by atoms with Crippen molar-refractivity contribution in [3.05, 3.63) is 76.9 Å². The number of para-hydroxylation sites is 2. The number of alkyl carbamates (subject to hydrolysis) is 1. The number of esters is 2. The number of rotatable bonds is 14. The zero-order valence-corrected chi connectivity index (χ0v) is 29.2. The lowest BCUT2D eigenvalue weighted by Gasteiger charge is -2.26. The summed E-state index contributed by atoms with van der Waals surface area (Å²) in [6.45, 7) is 13.4. The first kappa shape index (κ1) is 38.0. The third-order valence-electron chi connectivity index (χ3n) is 6.24. The van der Waals surface area contributed by atoms with Crippen molar-refractivity contribution >= 4 is 56.4 Å². The lowest BCUT2D eigenvalue weighted by molar-refractivity contribution is -0.387. The molecule has 0 aliphatic rings. The summed E-state index contributed by atoms with van der Waals surface area (Å²) in [5.41, 5.74) is -1.23. The Morgan fingerprint density at radius 2 is 1.60 bits per heavy atom. The van der Waals surface area contributed by atoms with Crippen molar-refractivity contribution in [2.45, 2.75) is 81.2 Å². The molecule has 14 nitrogen and oxygen atoms in total. The lowest BCUT2D eigenvalue weighted by atomic mass is 10.1. The van der Waals surface area contributed by atoms with Crippen LogP contribution in [0.4, 0.5) is 10.5 Å². The molecule has 0 aliphatic carbocycles. The summed E-state index contributed by atoms with van der Waals surface area (Å²) in [6.07, 6.45) is 0.233. The Kier molecular flexibility index (Phi) is 12.4. The van der Waals surface area contributed by atoms with Crippen LogP contribution in [0.5, 0.6) is 0 Å². The van der Waals surface area contributed by atoms with Crippen LogP contribution in [0.2, 0.25) is 0 Å². The third kappa shape index (κ3) is 10.8. The standard InChI is InChI=1S/C32H40N4O10S2/c1-8-17-44-28(37)23(35-48(42,43)26-16-12-11-15-25(26)36(40)41)18-21-20-13-9-10-14-22(20)33-27(21)47-19-24(29(38)45-31(2,3)4)34-30(39)46-32(5,6)7/h8-16,23-24,33,35H,1,17-19H2,2-7H3,(H,34,39)/t23-,24-/m0/s1. The number of nitrogens with zero attached hydrogens (tertiary/aromatic N) is 1. The fourth-order valence-corrected chi connectivity index (χ4v) is 6.82. The second-order valence-corrected chi connectivity index (χ2v) is 15.3. The molecule has 260 valence electrons. The largest absolute Gasteiger partial charge is 0.460 e. The van der Waals surface area contributed by atoms with Crippen molar-refractivity contribution in [1.29, 1.82) is 0 Å². The van der Waals surface area contributed by atoms with Gasteiger partial charge < -0.3 is 24.5 Å². The van der Waals surface area contributed by atoms with E-state index in [1.165, 1.54) is 18.2 Å². The fourth-order valence-electron chi connectivity index (χ4n) is 4.36. The topological polar surface area (TPSA) is 196 Å². The predicted octanol–water partition coefficient (Wildman–Crippen LogP) is 5.02. The highest BCUT2D eigenvalue weighted by Gasteiger charge is 2.34. The van der Waals surface area contributed by atoms with Gasteiger partial charge in [-0.05, 0) is 59.2 Å². The molecule has 16 heteroatoms. The van der Waals surface area contributed by atoms with E-state index < -0.39 is 66.8 Å². The molecule has 48 heavy (non-hydrogen) atoms. The number of ether oxygens (including phenoxy) is 3. The van der Waals surface area contributed by atoms with E-state index in [1.807, 2.05) is 0 Å². The Hall–Kier alpha value is -4.41. The second-order valence-electron chi connectivity index (χ2n) is 12.5. The molecule has 3 N–H and O–H groups in total. The van der Waals surface area contributed by atoms with Gasteiger partial charge in [0.15, 0.2) is 4.90 Å². The molecule has 2 aromatic carbocycles. The maximum atomic E-state index is 13.5. The Morgan fingerprint density at radius 3 is 2.23 bits per heavy atom. The average molecular weight is 705 g/mol. The van der Waals surface area contributed by atoms with E-state index in [0.29, 0.717) is 21.5 Å². The number of nitro groups is 1. The molecular weight excluding hydrogens is 665 g/mol. The molecule has 0 bridgehead atoms. The summed E-state index contributed by atoms with van der Waals surface area (Å²) < 4.78 is 45.3. The number of nitrogens with one attached hydrogen (secondary N) is 3. The van der Waals surface area contributed by atoms with Gasteiger partial charge in [-0.3, -0.25) is 14.9 Å². The van der Waals surface area contributed by atoms with Crippen LogP contribution in [-0.4, -0.2) is 72.0 Å². The Balaban J connectivity index is 2.01. The zero-order chi connectivity index (χ0) is 35.9. The number of H-pyrrole nitrogens is 1. The molecule has 0 radical (unpaired) electrons. The molecule has 0 saturated carbocycles. The van der Waals surface area contributed by atoms with E-state index in [9.17, 15) is 32.9 Å². The maximum Gasteiger partial charge on any atom is 0.408 e. The Morgan fingerprint density at radius 1 is 0.979 bits per heavy atom. The summed E-state index contributed by atoms with van der Waals surface area (Å²) in [4.78, 5) is 52.5. The predicted molar refractivity (Wildman–Crippen MR) is 180 cm³/mol. The number of nitro benzene ring substituents is 1. The molecule has 0 fully saturated rings. The number of aromatic amines is 1. The van der Waals surface area contributed by atoms with Gasteiger partial charge in [0, 0.05) is 29.1 Å². The number of thioether (sulfide) groups is 1. The van der Waals surface area contributed by atoms with Crippen molar-refractivity contribution in [1.82, 2.24) is 15.0 Å². The molecule has 3 aromatic rings. The first-order valence-electron chi connectivity index (χ1n) is 14.8. The highest BCUT2D eigenvalue weighted by Crippen LogP contribution is 2.32. The van der Waals surface area contributed by atoms with Crippen molar-refractivity contribution in [2.75, 3.05) is 12.4 Å². The van der Waals surface area contributed by atoms with E-state index in [4.69, 9.17) is 14.2 Å². The van der Waals surface area contributed by atoms with Gasteiger partial charge in [-0.2, -0.15) is 4.72 Å². The normalized spacial score (nSPS) is 13.3. The summed E-state index contributed by atoms with van der Waals surface area (Å²) >= 11 is 1.13. The minimum atomic E-state index is -4.62. The van der Waals surface area contributed by atoms with Gasteiger partial charge in [0.2, 0.25) is 10.0 Å². The van der Waals surface area contributed by atoms with Gasteiger partial charge >= 0.3 is 18.0 Å². The molecule has 0 aliphatic heterocycles. The van der Waals surface area contributed by atoms with Gasteiger partial charge in [-0.1, -0.05) is 43.0 Å². The smallest absolute Gasteiger partial charge is 0.408 e. The first-order valence-corrected chi connectivity index (χ1v) is 17.3. The van der Waals surface area contributed by atoms with Gasteiger partial charge in [-0.15, -0.1) is 11.8 Å². The molecule has 0 saturated heterocycles. The fraction of sp³-hybridized carbons (Fsp3) is 0.406. The minimum absolute atomic E-state index is 0.0402. The van der Waals surface area contributed by atoms with E-state index in [-0.39, 0.29) is 18.8 Å². The number of fused-ring (bicyclic) bond motifs is 1. The van der Waals surface area contributed by atoms with Crippen molar-refractivity contribution in [3.8, 4) is 0 Å². The van der Waals surface area contributed by atoms with Gasteiger partial charge in [0.05, 0.1) is 9.95 Å². The number of hydrogen-bond donors (Lipinski definition) is 3. The molecule has 3 rings (SSSR count). The molecular formula is C32H40N4O10S2. The Bertz CT molecular complexity index is 1770. The Labute approximate surface area is 283 Å². The van der Waals surface area contributed by atoms with Crippen molar-refractivity contribution in [2.24, 2.45) is 0 Å². The highest BCUT2D eigenvalue weighted by atomic mass is 32.2. The number of amides is 1. The van der Waals surface area contributed by atoms with Crippen LogP contribution < -0.4 is 10.0 Å². The van der Waals surface area contributed by atoms with E-state index in [1.54, 1.807) is 65.8 Å².